The van der Waals surface area contributed by atoms with Gasteiger partial charge < -0.3 is 20.5 Å². The number of hydrogen-bond acceptors (Lipinski definition) is 6. The van der Waals surface area contributed by atoms with Gasteiger partial charge in [0.15, 0.2) is 0 Å². The highest BCUT2D eigenvalue weighted by molar-refractivity contribution is 7.07. The Labute approximate surface area is 142 Å². The van der Waals surface area contributed by atoms with E-state index in [0.29, 0.717) is 16.8 Å². The van der Waals surface area contributed by atoms with Crippen LogP contribution in [0.4, 0.5) is 5.69 Å². The van der Waals surface area contributed by atoms with Gasteiger partial charge in [0, 0.05) is 12.2 Å². The Morgan fingerprint density at radius 1 is 1.17 bits per heavy atom. The molecule has 24 heavy (non-hydrogen) atoms. The molecule has 0 spiro atoms. The van der Waals surface area contributed by atoms with Crippen LogP contribution in [0.25, 0.3) is 0 Å². The van der Waals surface area contributed by atoms with Crippen LogP contribution in [0.15, 0.2) is 41.1 Å². The fourth-order valence-electron chi connectivity index (χ4n) is 1.85. The van der Waals surface area contributed by atoms with E-state index in [4.69, 9.17) is 0 Å². The number of benzene rings is 1. The van der Waals surface area contributed by atoms with Crippen molar-refractivity contribution in [3.05, 3.63) is 52.2 Å². The lowest BCUT2D eigenvalue weighted by Crippen LogP contribution is -2.37. The quantitative estimate of drug-likeness (QED) is 0.558. The molecule has 0 aliphatic carbocycles. The number of esters is 1. The van der Waals surface area contributed by atoms with E-state index in [1.54, 1.807) is 11.4 Å². The molecule has 0 fully saturated rings. The summed E-state index contributed by atoms with van der Waals surface area (Å²) in [6.07, 6.45) is -0.868. The van der Waals surface area contributed by atoms with Crippen LogP contribution in [0.2, 0.25) is 0 Å². The number of thiophene rings is 1. The molecule has 0 aliphatic rings. The average molecular weight is 348 g/mol. The van der Waals surface area contributed by atoms with Crippen molar-refractivity contribution in [1.29, 1.82) is 0 Å². The van der Waals surface area contributed by atoms with E-state index in [0.717, 1.165) is 0 Å². The Hall–Kier alpha value is -2.71. The number of carbonyl (C=O) groups is 3. The predicted molar refractivity (Wildman–Crippen MR) is 88.7 cm³/mol. The van der Waals surface area contributed by atoms with Crippen molar-refractivity contribution >= 4 is 34.8 Å². The molecule has 3 N–H and O–H groups in total. The summed E-state index contributed by atoms with van der Waals surface area (Å²) in [4.78, 5) is 34.8. The number of methoxy groups -OCH3 is 1. The molecule has 8 heteroatoms. The van der Waals surface area contributed by atoms with Crippen LogP contribution in [-0.4, -0.2) is 36.5 Å². The minimum atomic E-state index is -0.868. The second-order valence-corrected chi connectivity index (χ2v) is 5.59. The molecule has 126 valence electrons. The summed E-state index contributed by atoms with van der Waals surface area (Å²) >= 11 is 1.43. The smallest absolute Gasteiger partial charge is 0.337 e. The van der Waals surface area contributed by atoms with Gasteiger partial charge in [-0.15, -0.1) is 0 Å². The number of rotatable bonds is 5. The third kappa shape index (κ3) is 4.64. The van der Waals surface area contributed by atoms with Crippen molar-refractivity contribution in [2.24, 2.45) is 0 Å². The average Bonchev–Trinajstić information content (AvgIpc) is 3.14. The molecular formula is C16H16N2O5S. The molecule has 0 saturated heterocycles. The van der Waals surface area contributed by atoms with Gasteiger partial charge in [0.25, 0.3) is 0 Å². The zero-order valence-electron chi connectivity index (χ0n) is 12.8. The van der Waals surface area contributed by atoms with Crippen molar-refractivity contribution in [3.63, 3.8) is 0 Å². The number of nitrogens with one attached hydrogen (secondary N) is 2. The summed E-state index contributed by atoms with van der Waals surface area (Å²) in [5, 5.41) is 18.2. The second kappa shape index (κ2) is 8.23. The number of hydrogen-bond donors (Lipinski definition) is 3. The number of carbonyl (C=O) groups excluding carboxylic acids is 3. The molecule has 1 atom stereocenters. The molecule has 0 radical (unpaired) electrons. The van der Waals surface area contributed by atoms with Gasteiger partial charge in [-0.2, -0.15) is 11.3 Å². The molecule has 0 bridgehead atoms. The maximum absolute atomic E-state index is 11.8. The number of ether oxygens (including phenoxy) is 1. The SMILES string of the molecule is COC(=O)c1ccc(NC(=O)C(=O)NC[C@H](O)c2ccsc2)cc1. The Morgan fingerprint density at radius 2 is 1.88 bits per heavy atom. The Kier molecular flexibility index (Phi) is 6.05. The molecule has 2 aromatic rings. The molecule has 2 rings (SSSR count). The normalized spacial score (nSPS) is 11.4. The highest BCUT2D eigenvalue weighted by Gasteiger charge is 2.16. The molecule has 2 amide bonds. The summed E-state index contributed by atoms with van der Waals surface area (Å²) in [6, 6.07) is 7.65. The van der Waals surface area contributed by atoms with E-state index < -0.39 is 23.9 Å². The van der Waals surface area contributed by atoms with Crippen molar-refractivity contribution in [1.82, 2.24) is 5.32 Å². The minimum Gasteiger partial charge on any atom is -0.465 e. The van der Waals surface area contributed by atoms with Crippen LogP contribution in [0, 0.1) is 0 Å². The fraction of sp³-hybridized carbons (Fsp3) is 0.188. The first-order chi connectivity index (χ1) is 11.5. The molecule has 0 unspecified atom stereocenters. The summed E-state index contributed by atoms with van der Waals surface area (Å²) in [5.41, 5.74) is 1.37. The van der Waals surface area contributed by atoms with E-state index in [1.807, 2.05) is 5.38 Å². The first-order valence-electron chi connectivity index (χ1n) is 6.99. The van der Waals surface area contributed by atoms with Crippen LogP contribution in [-0.2, 0) is 14.3 Å². The topological polar surface area (TPSA) is 105 Å². The summed E-state index contributed by atoms with van der Waals surface area (Å²) < 4.78 is 4.57. The summed E-state index contributed by atoms with van der Waals surface area (Å²) in [5.74, 6) is -2.22. The number of aliphatic hydroxyl groups is 1. The molecule has 0 saturated carbocycles. The van der Waals surface area contributed by atoms with Crippen LogP contribution in [0.1, 0.15) is 22.0 Å². The molecule has 0 aliphatic heterocycles. The van der Waals surface area contributed by atoms with Crippen LogP contribution < -0.4 is 10.6 Å². The minimum absolute atomic E-state index is 0.0652. The van der Waals surface area contributed by atoms with Crippen LogP contribution in [0.3, 0.4) is 0 Å². The Bertz CT molecular complexity index is 713. The first kappa shape index (κ1) is 17.6. The number of aliphatic hydroxyl groups excluding tert-OH is 1. The molecule has 1 aromatic heterocycles. The summed E-state index contributed by atoms with van der Waals surface area (Å²) in [6.45, 7) is -0.0652. The van der Waals surface area contributed by atoms with Gasteiger partial charge in [0.2, 0.25) is 0 Å². The molecule has 1 aromatic carbocycles. The van der Waals surface area contributed by atoms with E-state index in [1.165, 1.54) is 42.7 Å². The number of anilines is 1. The first-order valence-corrected chi connectivity index (χ1v) is 7.93. The highest BCUT2D eigenvalue weighted by Crippen LogP contribution is 2.15. The van der Waals surface area contributed by atoms with Gasteiger partial charge in [-0.05, 0) is 46.7 Å². The monoisotopic (exact) mass is 348 g/mol. The molecule has 7 nitrogen and oxygen atoms in total. The summed E-state index contributed by atoms with van der Waals surface area (Å²) in [7, 11) is 1.27. The third-order valence-corrected chi connectivity index (χ3v) is 3.86. The Morgan fingerprint density at radius 3 is 2.46 bits per heavy atom. The largest absolute Gasteiger partial charge is 0.465 e. The van der Waals surface area contributed by atoms with Crippen LogP contribution in [0.5, 0.6) is 0 Å². The van der Waals surface area contributed by atoms with E-state index >= 15 is 0 Å². The highest BCUT2D eigenvalue weighted by atomic mass is 32.1. The van der Waals surface area contributed by atoms with Crippen molar-refractivity contribution in [2.75, 3.05) is 19.0 Å². The fourth-order valence-corrected chi connectivity index (χ4v) is 2.55. The zero-order chi connectivity index (χ0) is 17.5. The van der Waals surface area contributed by atoms with E-state index in [-0.39, 0.29) is 6.54 Å². The van der Waals surface area contributed by atoms with Gasteiger partial charge >= 0.3 is 17.8 Å². The predicted octanol–water partition coefficient (Wildman–Crippen LogP) is 1.32. The lowest BCUT2D eigenvalue weighted by atomic mass is 10.2. The standard InChI is InChI=1S/C16H16N2O5S/c1-23-16(22)10-2-4-12(5-3-10)18-15(21)14(20)17-8-13(19)11-6-7-24-9-11/h2-7,9,13,19H,8H2,1H3,(H,17,20)(H,18,21)/t13-/m0/s1. The Balaban J connectivity index is 1.85. The maximum Gasteiger partial charge on any atom is 0.337 e. The molecule has 1 heterocycles. The maximum atomic E-state index is 11.8. The van der Waals surface area contributed by atoms with E-state index in [9.17, 15) is 19.5 Å². The molecular weight excluding hydrogens is 332 g/mol. The van der Waals surface area contributed by atoms with Gasteiger partial charge in [-0.25, -0.2) is 4.79 Å². The number of amides is 2. The zero-order valence-corrected chi connectivity index (χ0v) is 13.6. The van der Waals surface area contributed by atoms with Crippen molar-refractivity contribution < 1.29 is 24.2 Å². The lowest BCUT2D eigenvalue weighted by molar-refractivity contribution is -0.136. The second-order valence-electron chi connectivity index (χ2n) is 4.81. The van der Waals surface area contributed by atoms with E-state index in [2.05, 4.69) is 15.4 Å². The third-order valence-electron chi connectivity index (χ3n) is 3.15. The van der Waals surface area contributed by atoms with Crippen molar-refractivity contribution in [2.45, 2.75) is 6.10 Å². The van der Waals surface area contributed by atoms with Gasteiger partial charge in [0.05, 0.1) is 18.8 Å². The van der Waals surface area contributed by atoms with Crippen LogP contribution >= 0.6 is 11.3 Å². The van der Waals surface area contributed by atoms with Gasteiger partial charge in [-0.1, -0.05) is 0 Å². The lowest BCUT2D eigenvalue weighted by Gasteiger charge is -2.10. The van der Waals surface area contributed by atoms with Gasteiger partial charge in [0.1, 0.15) is 0 Å². The van der Waals surface area contributed by atoms with Crippen molar-refractivity contribution in [3.8, 4) is 0 Å². The van der Waals surface area contributed by atoms with Gasteiger partial charge in [-0.3, -0.25) is 9.59 Å².